The van der Waals surface area contributed by atoms with Gasteiger partial charge in [0.2, 0.25) is 0 Å². The van der Waals surface area contributed by atoms with Crippen LogP contribution in [0.2, 0.25) is 0 Å². The van der Waals surface area contributed by atoms with Crippen molar-refractivity contribution < 1.29 is 14.0 Å². The van der Waals surface area contributed by atoms with Gasteiger partial charge in [-0.1, -0.05) is 13.8 Å². The van der Waals surface area contributed by atoms with Crippen molar-refractivity contribution in [2.24, 2.45) is 5.73 Å². The molecule has 0 fully saturated rings. The molecule has 0 saturated heterocycles. The van der Waals surface area contributed by atoms with Gasteiger partial charge in [0.1, 0.15) is 0 Å². The van der Waals surface area contributed by atoms with Gasteiger partial charge in [-0.3, -0.25) is 4.89 Å². The van der Waals surface area contributed by atoms with Crippen LogP contribution in [-0.4, -0.2) is 10.9 Å². The zero-order valence-corrected chi connectivity index (χ0v) is 6.71. The Bertz CT molecular complexity index is 128. The van der Waals surface area contributed by atoms with Crippen LogP contribution >= 0.6 is 8.25 Å². The van der Waals surface area contributed by atoms with E-state index in [0.29, 0.717) is 6.04 Å². The van der Waals surface area contributed by atoms with Crippen LogP contribution in [0.4, 0.5) is 0 Å². The molecule has 3 N–H and O–H groups in total. The molecule has 0 aromatic rings. The van der Waals surface area contributed by atoms with E-state index in [0.717, 1.165) is 6.26 Å². The molecule has 0 heterocycles. The van der Waals surface area contributed by atoms with E-state index in [9.17, 15) is 4.57 Å². The quantitative estimate of drug-likeness (QED) is 0.435. The lowest BCUT2D eigenvalue weighted by Crippen LogP contribution is -2.06. The Morgan fingerprint density at radius 1 is 1.80 bits per heavy atom. The fraction of sp³-hybridized carbons (Fsp3) is 0.750. The van der Waals surface area contributed by atoms with Crippen LogP contribution < -0.4 is 5.73 Å². The molecule has 0 spiro atoms. The van der Waals surface area contributed by atoms with Gasteiger partial charge < -0.3 is 10.3 Å². The van der Waals surface area contributed by atoms with Gasteiger partial charge in [0, 0.05) is 0 Å². The standard InChI is InChI=1S/C3H9N.CHNO3P/c1-3(2)4;2-1-5-6(3)4/h3H,4H2,1-2H3;(H,3,4). The summed E-state index contributed by atoms with van der Waals surface area (Å²) in [5.74, 6) is 0. The van der Waals surface area contributed by atoms with Crippen molar-refractivity contribution in [1.82, 2.24) is 0 Å². The first-order chi connectivity index (χ1) is 4.50. The Morgan fingerprint density at radius 3 is 2.10 bits per heavy atom. The molecule has 0 amide bonds. The Hall–Kier alpha value is -0.690. The van der Waals surface area contributed by atoms with E-state index < -0.39 is 8.25 Å². The molecular weight excluding hydrogens is 155 g/mol. The fourth-order valence-corrected chi connectivity index (χ4v) is 0.105. The van der Waals surface area contributed by atoms with E-state index in [1.54, 1.807) is 0 Å². The van der Waals surface area contributed by atoms with Crippen molar-refractivity contribution in [3.63, 3.8) is 0 Å². The largest absolute Gasteiger partial charge is 0.436 e. The molecule has 6 heteroatoms. The lowest BCUT2D eigenvalue weighted by Gasteiger charge is -1.81. The first kappa shape index (κ1) is 12.0. The average molecular weight is 165 g/mol. The normalized spacial score (nSPS) is 9.00. The molecule has 1 atom stereocenters. The highest BCUT2D eigenvalue weighted by atomic mass is 31.1. The smallest absolute Gasteiger partial charge is 0.328 e. The van der Waals surface area contributed by atoms with Crippen LogP contribution in [0.5, 0.6) is 0 Å². The van der Waals surface area contributed by atoms with Gasteiger partial charge in [0.25, 0.3) is 6.26 Å². The van der Waals surface area contributed by atoms with Crippen molar-refractivity contribution in [1.29, 1.82) is 5.26 Å². The van der Waals surface area contributed by atoms with Crippen LogP contribution in [0.25, 0.3) is 0 Å². The monoisotopic (exact) mass is 165 g/mol. The van der Waals surface area contributed by atoms with Crippen molar-refractivity contribution in [2.75, 3.05) is 0 Å². The molecule has 10 heavy (non-hydrogen) atoms. The van der Waals surface area contributed by atoms with Gasteiger partial charge in [-0.15, -0.1) is 5.26 Å². The van der Waals surface area contributed by atoms with Crippen LogP contribution in [0.3, 0.4) is 0 Å². The van der Waals surface area contributed by atoms with E-state index >= 15 is 0 Å². The lowest BCUT2D eigenvalue weighted by atomic mass is 10.5. The lowest BCUT2D eigenvalue weighted by molar-refractivity contribution is 0.389. The maximum atomic E-state index is 9.30. The second kappa shape index (κ2) is 8.31. The summed E-state index contributed by atoms with van der Waals surface area (Å²) < 4.78 is 12.7. The molecule has 0 aromatic carbocycles. The Kier molecular flexibility index (Phi) is 10.00. The number of rotatable bonds is 1. The van der Waals surface area contributed by atoms with Gasteiger partial charge in [-0.2, -0.15) is 0 Å². The highest BCUT2D eigenvalue weighted by Gasteiger charge is 1.85. The van der Waals surface area contributed by atoms with E-state index in [-0.39, 0.29) is 0 Å². The van der Waals surface area contributed by atoms with Crippen LogP contribution in [0.15, 0.2) is 0 Å². The highest BCUT2D eigenvalue weighted by Crippen LogP contribution is 2.11. The van der Waals surface area contributed by atoms with Gasteiger partial charge in [0.15, 0.2) is 0 Å². The van der Waals surface area contributed by atoms with Crippen molar-refractivity contribution >= 4 is 8.25 Å². The van der Waals surface area contributed by atoms with Gasteiger partial charge in [-0.05, 0) is 6.04 Å². The van der Waals surface area contributed by atoms with E-state index in [1.165, 1.54) is 0 Å². The third-order valence-electron chi connectivity index (χ3n) is 0.119. The highest BCUT2D eigenvalue weighted by molar-refractivity contribution is 7.32. The van der Waals surface area contributed by atoms with Crippen molar-refractivity contribution in [2.45, 2.75) is 19.9 Å². The summed E-state index contributed by atoms with van der Waals surface area (Å²) in [4.78, 5) is 7.62. The summed E-state index contributed by atoms with van der Waals surface area (Å²) in [5.41, 5.74) is 5.11. The van der Waals surface area contributed by atoms with Gasteiger partial charge in [-0.25, -0.2) is 4.57 Å². The predicted octanol–water partition coefficient (Wildman–Crippen LogP) is 0.487. The summed E-state index contributed by atoms with van der Waals surface area (Å²) in [6.45, 7) is 3.89. The molecule has 1 unspecified atom stereocenters. The SMILES string of the molecule is CC(C)N.N#CO[P](=O)O. The van der Waals surface area contributed by atoms with E-state index in [2.05, 4.69) is 4.52 Å². The molecule has 0 aliphatic rings. The maximum Gasteiger partial charge on any atom is 0.436 e. The minimum atomic E-state index is -2.71. The zero-order chi connectivity index (χ0) is 8.57. The molecule has 0 saturated carbocycles. The third-order valence-corrected chi connectivity index (χ3v) is 0.357. The Morgan fingerprint density at radius 2 is 2.10 bits per heavy atom. The molecule has 0 bridgehead atoms. The van der Waals surface area contributed by atoms with E-state index in [1.807, 2.05) is 13.8 Å². The molecule has 5 nitrogen and oxygen atoms in total. The topological polar surface area (TPSA) is 96.3 Å². The third kappa shape index (κ3) is 54.5. The number of hydrogen-bond donors (Lipinski definition) is 2. The predicted molar refractivity (Wildman–Crippen MR) is 35.8 cm³/mol. The summed E-state index contributed by atoms with van der Waals surface area (Å²) in [5, 5.41) is 7.42. The summed E-state index contributed by atoms with van der Waals surface area (Å²) in [7, 11) is -2.71. The first-order valence-electron chi connectivity index (χ1n) is 2.48. The minimum absolute atomic E-state index is 0.333. The number of nitriles is 1. The Balaban J connectivity index is 0. The second-order valence-electron chi connectivity index (χ2n) is 1.66. The summed E-state index contributed by atoms with van der Waals surface area (Å²) in [6.07, 6.45) is 1.03. The summed E-state index contributed by atoms with van der Waals surface area (Å²) in [6, 6.07) is 0.333. The van der Waals surface area contributed by atoms with Gasteiger partial charge in [0.05, 0.1) is 0 Å². The second-order valence-corrected chi connectivity index (χ2v) is 2.32. The molecule has 0 rings (SSSR count). The van der Waals surface area contributed by atoms with Gasteiger partial charge >= 0.3 is 8.25 Å². The molecule has 0 aliphatic carbocycles. The molecular formula is C4H10N2O3P. The van der Waals surface area contributed by atoms with Crippen LogP contribution in [0, 0.1) is 11.5 Å². The molecule has 1 radical (unpaired) electrons. The first-order valence-corrected chi connectivity index (χ1v) is 3.61. The van der Waals surface area contributed by atoms with E-state index in [4.69, 9.17) is 15.9 Å². The molecule has 0 aromatic heterocycles. The number of nitrogens with two attached hydrogens (primary N) is 1. The van der Waals surface area contributed by atoms with Crippen molar-refractivity contribution in [3.8, 4) is 6.26 Å². The number of nitrogens with zero attached hydrogens (tertiary/aromatic N) is 1. The zero-order valence-electron chi connectivity index (χ0n) is 5.81. The minimum Gasteiger partial charge on any atom is -0.328 e. The average Bonchev–Trinajstić information content (AvgIpc) is 1.62. The van der Waals surface area contributed by atoms with Crippen LogP contribution in [-0.2, 0) is 9.09 Å². The number of hydrogen-bond acceptors (Lipinski definition) is 4. The van der Waals surface area contributed by atoms with Crippen molar-refractivity contribution in [3.05, 3.63) is 0 Å². The molecule has 0 aliphatic heterocycles. The summed E-state index contributed by atoms with van der Waals surface area (Å²) >= 11 is 0. The maximum absolute atomic E-state index is 9.30. The fourth-order valence-electron chi connectivity index (χ4n) is 0.0349. The Labute approximate surface area is 60.4 Å². The van der Waals surface area contributed by atoms with Crippen LogP contribution in [0.1, 0.15) is 13.8 Å². The molecule has 59 valence electrons.